The second-order valence-corrected chi connectivity index (χ2v) is 7.98. The summed E-state index contributed by atoms with van der Waals surface area (Å²) in [6.45, 7) is -0.149. The lowest BCUT2D eigenvalue weighted by molar-refractivity contribution is -0.123. The Morgan fingerprint density at radius 2 is 1.68 bits per heavy atom. The molecule has 1 unspecified atom stereocenters. The van der Waals surface area contributed by atoms with E-state index in [0.29, 0.717) is 16.5 Å². The zero-order valence-electron chi connectivity index (χ0n) is 16.9. The van der Waals surface area contributed by atoms with Crippen LogP contribution in [-0.2, 0) is 9.59 Å². The number of anilines is 1. The molecule has 2 N–H and O–H groups in total. The fraction of sp³-hybridized carbons (Fsp3) is 0.200. The van der Waals surface area contributed by atoms with Gasteiger partial charge in [-0.15, -0.1) is 0 Å². The van der Waals surface area contributed by atoms with Gasteiger partial charge in [-0.25, -0.2) is 0 Å². The maximum absolute atomic E-state index is 12.7. The third kappa shape index (κ3) is 5.86. The average Bonchev–Trinajstić information content (AvgIpc) is 3.63. The fourth-order valence-electron chi connectivity index (χ4n) is 3.30. The smallest absolute Gasteiger partial charge is 0.258 e. The van der Waals surface area contributed by atoms with Crippen LogP contribution in [0.1, 0.15) is 30.0 Å². The minimum Gasteiger partial charge on any atom is -0.484 e. The highest BCUT2D eigenvalue weighted by molar-refractivity contribution is 6.30. The van der Waals surface area contributed by atoms with Gasteiger partial charge in [-0.1, -0.05) is 60.1 Å². The standard InChI is InChI=1S/C25H23ClN2O3/c26-20-9-4-8-19(14-20)24(17-6-2-1-3-7-17)28-23(29)16-31-22-11-5-10-21(15-22)27-25(30)18-12-13-18/h1-11,14-15,18,24H,12-13,16H2,(H,27,30)(H,28,29). The molecule has 0 heterocycles. The summed E-state index contributed by atoms with van der Waals surface area (Å²) < 4.78 is 5.67. The Morgan fingerprint density at radius 1 is 0.935 bits per heavy atom. The van der Waals surface area contributed by atoms with Gasteiger partial charge in [0.15, 0.2) is 6.61 Å². The van der Waals surface area contributed by atoms with Gasteiger partial charge in [-0.05, 0) is 48.2 Å². The summed E-state index contributed by atoms with van der Waals surface area (Å²) in [6, 6.07) is 23.8. The van der Waals surface area contributed by atoms with Gasteiger partial charge in [0.05, 0.1) is 6.04 Å². The molecule has 3 aromatic rings. The first-order valence-corrected chi connectivity index (χ1v) is 10.6. The van der Waals surface area contributed by atoms with E-state index in [1.165, 1.54) is 0 Å². The molecule has 2 amide bonds. The zero-order valence-corrected chi connectivity index (χ0v) is 17.6. The lowest BCUT2D eigenvalue weighted by atomic mass is 9.99. The van der Waals surface area contributed by atoms with Crippen molar-refractivity contribution in [3.8, 4) is 5.75 Å². The van der Waals surface area contributed by atoms with E-state index in [4.69, 9.17) is 16.3 Å². The first-order valence-electron chi connectivity index (χ1n) is 10.2. The molecule has 0 saturated heterocycles. The number of ether oxygens (including phenoxy) is 1. The van der Waals surface area contributed by atoms with Gasteiger partial charge in [-0.2, -0.15) is 0 Å². The molecule has 5 nitrogen and oxygen atoms in total. The number of hydrogen-bond acceptors (Lipinski definition) is 3. The topological polar surface area (TPSA) is 67.4 Å². The van der Waals surface area contributed by atoms with Crippen molar-refractivity contribution < 1.29 is 14.3 Å². The number of nitrogens with one attached hydrogen (secondary N) is 2. The van der Waals surface area contributed by atoms with Crippen molar-refractivity contribution in [1.29, 1.82) is 0 Å². The molecule has 0 radical (unpaired) electrons. The largest absolute Gasteiger partial charge is 0.484 e. The van der Waals surface area contributed by atoms with E-state index in [1.807, 2.05) is 48.5 Å². The summed E-state index contributed by atoms with van der Waals surface area (Å²) >= 11 is 6.16. The number of rotatable bonds is 8. The van der Waals surface area contributed by atoms with E-state index in [2.05, 4.69) is 10.6 Å². The van der Waals surface area contributed by atoms with E-state index >= 15 is 0 Å². The van der Waals surface area contributed by atoms with Crippen LogP contribution in [0.15, 0.2) is 78.9 Å². The van der Waals surface area contributed by atoms with E-state index in [1.54, 1.807) is 30.3 Å². The Kier molecular flexibility index (Phi) is 6.53. The molecule has 0 bridgehead atoms. The summed E-state index contributed by atoms with van der Waals surface area (Å²) in [5.41, 5.74) is 2.50. The van der Waals surface area contributed by atoms with Crippen LogP contribution >= 0.6 is 11.6 Å². The van der Waals surface area contributed by atoms with Crippen molar-refractivity contribution in [3.05, 3.63) is 95.0 Å². The van der Waals surface area contributed by atoms with Gasteiger partial charge in [0.1, 0.15) is 5.75 Å². The Morgan fingerprint density at radius 3 is 2.42 bits per heavy atom. The van der Waals surface area contributed by atoms with Gasteiger partial charge in [-0.3, -0.25) is 9.59 Å². The molecule has 0 aromatic heterocycles. The van der Waals surface area contributed by atoms with Crippen LogP contribution in [0, 0.1) is 5.92 Å². The number of benzene rings is 3. The number of amides is 2. The molecule has 158 valence electrons. The second kappa shape index (κ2) is 9.67. The molecule has 31 heavy (non-hydrogen) atoms. The Balaban J connectivity index is 1.41. The van der Waals surface area contributed by atoms with Crippen LogP contribution in [0.5, 0.6) is 5.75 Å². The molecule has 1 saturated carbocycles. The molecule has 0 spiro atoms. The summed E-state index contributed by atoms with van der Waals surface area (Å²) in [5.74, 6) is 0.405. The second-order valence-electron chi connectivity index (χ2n) is 7.55. The summed E-state index contributed by atoms with van der Waals surface area (Å²) in [7, 11) is 0. The van der Waals surface area contributed by atoms with Crippen molar-refractivity contribution >= 4 is 29.1 Å². The summed E-state index contributed by atoms with van der Waals surface area (Å²) in [4.78, 5) is 24.6. The molecule has 1 fully saturated rings. The van der Waals surface area contributed by atoms with Crippen LogP contribution < -0.4 is 15.4 Å². The summed E-state index contributed by atoms with van der Waals surface area (Å²) in [5, 5.41) is 6.51. The summed E-state index contributed by atoms with van der Waals surface area (Å²) in [6.07, 6.45) is 1.88. The van der Waals surface area contributed by atoms with E-state index < -0.39 is 0 Å². The predicted octanol–water partition coefficient (Wildman–Crippen LogP) is 4.97. The quantitative estimate of drug-likeness (QED) is 0.525. The van der Waals surface area contributed by atoms with Gasteiger partial charge in [0.2, 0.25) is 5.91 Å². The Hall–Kier alpha value is -3.31. The van der Waals surface area contributed by atoms with Crippen molar-refractivity contribution in [2.75, 3.05) is 11.9 Å². The highest BCUT2D eigenvalue weighted by Crippen LogP contribution is 2.30. The van der Waals surface area contributed by atoms with E-state index in [-0.39, 0.29) is 30.4 Å². The highest BCUT2D eigenvalue weighted by atomic mass is 35.5. The lowest BCUT2D eigenvalue weighted by Gasteiger charge is -2.20. The van der Waals surface area contributed by atoms with Gasteiger partial charge in [0.25, 0.3) is 5.91 Å². The highest BCUT2D eigenvalue weighted by Gasteiger charge is 2.29. The minimum absolute atomic E-state index is 0.0297. The van der Waals surface area contributed by atoms with Crippen LogP contribution in [0.4, 0.5) is 5.69 Å². The molecule has 1 aliphatic rings. The van der Waals surface area contributed by atoms with E-state index in [0.717, 1.165) is 24.0 Å². The van der Waals surface area contributed by atoms with Crippen molar-refractivity contribution in [3.63, 3.8) is 0 Å². The molecule has 3 aromatic carbocycles. The lowest BCUT2D eigenvalue weighted by Crippen LogP contribution is -2.33. The number of halogens is 1. The minimum atomic E-state index is -0.347. The number of hydrogen-bond donors (Lipinski definition) is 2. The SMILES string of the molecule is O=C(COc1cccc(NC(=O)C2CC2)c1)NC(c1ccccc1)c1cccc(Cl)c1. The maximum atomic E-state index is 12.7. The van der Waals surface area contributed by atoms with Crippen LogP contribution in [0.3, 0.4) is 0 Å². The molecule has 1 aliphatic carbocycles. The van der Waals surface area contributed by atoms with Gasteiger partial charge < -0.3 is 15.4 Å². The molecule has 4 rings (SSSR count). The van der Waals surface area contributed by atoms with E-state index in [9.17, 15) is 9.59 Å². The first-order chi connectivity index (χ1) is 15.1. The third-order valence-corrected chi connectivity index (χ3v) is 5.27. The molecular weight excluding hydrogens is 412 g/mol. The van der Waals surface area contributed by atoms with Crippen molar-refractivity contribution in [2.45, 2.75) is 18.9 Å². The monoisotopic (exact) mass is 434 g/mol. The molecule has 0 aliphatic heterocycles. The van der Waals surface area contributed by atoms with Gasteiger partial charge in [0, 0.05) is 22.7 Å². The molecule has 6 heteroatoms. The Labute approximate surface area is 186 Å². The van der Waals surface area contributed by atoms with Crippen LogP contribution in [-0.4, -0.2) is 18.4 Å². The number of carbonyl (C=O) groups excluding carboxylic acids is 2. The third-order valence-electron chi connectivity index (χ3n) is 5.04. The van der Waals surface area contributed by atoms with Gasteiger partial charge >= 0.3 is 0 Å². The first kappa shape index (κ1) is 20.9. The normalized spacial score (nSPS) is 13.8. The Bertz CT molecular complexity index is 1070. The molecular formula is C25H23ClN2O3. The maximum Gasteiger partial charge on any atom is 0.258 e. The van der Waals surface area contributed by atoms with Crippen LogP contribution in [0.2, 0.25) is 5.02 Å². The number of carbonyl (C=O) groups is 2. The van der Waals surface area contributed by atoms with Crippen molar-refractivity contribution in [1.82, 2.24) is 5.32 Å². The fourth-order valence-corrected chi connectivity index (χ4v) is 3.49. The van der Waals surface area contributed by atoms with Crippen LogP contribution in [0.25, 0.3) is 0 Å². The predicted molar refractivity (Wildman–Crippen MR) is 121 cm³/mol. The molecule has 1 atom stereocenters. The average molecular weight is 435 g/mol. The van der Waals surface area contributed by atoms with Crippen molar-refractivity contribution in [2.24, 2.45) is 5.92 Å². The zero-order chi connectivity index (χ0) is 21.6.